The third kappa shape index (κ3) is 1.58. The fourth-order valence-electron chi connectivity index (χ4n) is 4.22. The summed E-state index contributed by atoms with van der Waals surface area (Å²) < 4.78 is 0. The molecule has 3 atom stereocenters. The lowest BCUT2D eigenvalue weighted by Gasteiger charge is -2.45. The molecule has 2 heterocycles. The number of likely N-dealkylation sites (tertiary alicyclic amines) is 1. The number of likely N-dealkylation sites (N-methyl/N-ethyl adjacent to an activating group) is 1. The van der Waals surface area contributed by atoms with Crippen molar-refractivity contribution in [2.45, 2.75) is 24.8 Å². The van der Waals surface area contributed by atoms with Gasteiger partial charge in [-0.3, -0.25) is 0 Å². The lowest BCUT2D eigenvalue weighted by molar-refractivity contribution is 0.115. The van der Waals surface area contributed by atoms with Gasteiger partial charge in [0.1, 0.15) is 0 Å². The van der Waals surface area contributed by atoms with Gasteiger partial charge in [-0.2, -0.15) is 0 Å². The molecule has 1 aromatic carbocycles. The van der Waals surface area contributed by atoms with Crippen LogP contribution < -0.4 is 5.73 Å². The number of hydrogen-bond donors (Lipinski definition) is 2. The highest BCUT2D eigenvalue weighted by Crippen LogP contribution is 2.43. The van der Waals surface area contributed by atoms with Gasteiger partial charge in [-0.25, -0.2) is 0 Å². The van der Waals surface area contributed by atoms with E-state index in [0.29, 0.717) is 17.9 Å². The second kappa shape index (κ2) is 4.09. The molecule has 3 nitrogen and oxygen atoms in total. The van der Waals surface area contributed by atoms with Gasteiger partial charge in [0.15, 0.2) is 0 Å². The maximum Gasteiger partial charge on any atom is 0.0459 e. The van der Waals surface area contributed by atoms with Gasteiger partial charge in [-0.05, 0) is 49.5 Å². The van der Waals surface area contributed by atoms with Crippen LogP contribution in [-0.4, -0.2) is 36.1 Å². The molecule has 0 saturated carbocycles. The van der Waals surface area contributed by atoms with E-state index < -0.39 is 0 Å². The Labute approximate surface area is 113 Å². The topological polar surface area (TPSA) is 45.0 Å². The average molecular weight is 255 g/mol. The van der Waals surface area contributed by atoms with E-state index in [2.05, 4.69) is 41.3 Å². The summed E-state index contributed by atoms with van der Waals surface area (Å²) in [4.78, 5) is 5.95. The molecule has 3 heteroatoms. The molecule has 2 aliphatic rings. The van der Waals surface area contributed by atoms with Crippen LogP contribution in [0.2, 0.25) is 0 Å². The Kier molecular flexibility index (Phi) is 2.47. The van der Waals surface area contributed by atoms with Crippen LogP contribution in [0.25, 0.3) is 10.9 Å². The van der Waals surface area contributed by atoms with Crippen molar-refractivity contribution in [3.05, 3.63) is 35.5 Å². The van der Waals surface area contributed by atoms with Crippen molar-refractivity contribution in [3.8, 4) is 0 Å². The number of nitrogens with two attached hydrogens (primary N) is 1. The monoisotopic (exact) mass is 255 g/mol. The van der Waals surface area contributed by atoms with E-state index in [0.717, 1.165) is 13.1 Å². The number of nitrogens with one attached hydrogen (secondary N) is 1. The summed E-state index contributed by atoms with van der Waals surface area (Å²) in [5.74, 6) is 1.29. The number of benzene rings is 1. The molecule has 1 aliphatic heterocycles. The Hall–Kier alpha value is -1.32. The number of fused-ring (bicyclic) bond motifs is 2. The number of nitrogens with zero attached hydrogens (tertiary/aromatic N) is 1. The first-order valence-electron chi connectivity index (χ1n) is 7.27. The summed E-state index contributed by atoms with van der Waals surface area (Å²) in [6.07, 6.45) is 4.62. The molecule has 2 aromatic rings. The summed E-state index contributed by atoms with van der Waals surface area (Å²) in [6, 6.07) is 7.35. The van der Waals surface area contributed by atoms with Gasteiger partial charge in [-0.15, -0.1) is 0 Å². The second-order valence-corrected chi connectivity index (χ2v) is 6.24. The Morgan fingerprint density at radius 2 is 2.32 bits per heavy atom. The van der Waals surface area contributed by atoms with Gasteiger partial charge in [0.25, 0.3) is 0 Å². The minimum atomic E-state index is 0.641. The highest BCUT2D eigenvalue weighted by Gasteiger charge is 2.38. The fourth-order valence-corrected chi connectivity index (χ4v) is 4.22. The molecule has 1 aliphatic carbocycles. The van der Waals surface area contributed by atoms with Crippen LogP contribution in [0.15, 0.2) is 24.4 Å². The van der Waals surface area contributed by atoms with Crippen LogP contribution in [0, 0.1) is 5.92 Å². The quantitative estimate of drug-likeness (QED) is 0.819. The summed E-state index contributed by atoms with van der Waals surface area (Å²) in [7, 11) is 2.26. The molecular weight excluding hydrogens is 234 g/mol. The zero-order valence-corrected chi connectivity index (χ0v) is 11.4. The molecule has 19 heavy (non-hydrogen) atoms. The van der Waals surface area contributed by atoms with E-state index >= 15 is 0 Å². The zero-order valence-electron chi connectivity index (χ0n) is 11.4. The molecule has 100 valence electrons. The van der Waals surface area contributed by atoms with Crippen molar-refractivity contribution in [1.29, 1.82) is 0 Å². The second-order valence-electron chi connectivity index (χ2n) is 6.24. The summed E-state index contributed by atoms with van der Waals surface area (Å²) in [5, 5.41) is 1.48. The first-order chi connectivity index (χ1) is 9.28. The van der Waals surface area contributed by atoms with Crippen molar-refractivity contribution >= 4 is 10.9 Å². The Bertz CT molecular complexity index is 615. The van der Waals surface area contributed by atoms with Gasteiger partial charge in [0, 0.05) is 35.6 Å². The number of aromatic amines is 1. The fraction of sp³-hybridized carbons (Fsp3) is 0.500. The van der Waals surface area contributed by atoms with Crippen LogP contribution >= 0.6 is 0 Å². The first kappa shape index (κ1) is 11.5. The molecular formula is C16H21N3. The molecule has 0 radical (unpaired) electrons. The zero-order chi connectivity index (χ0) is 13.0. The predicted molar refractivity (Wildman–Crippen MR) is 78.3 cm³/mol. The maximum absolute atomic E-state index is 5.93. The van der Waals surface area contributed by atoms with Crippen molar-refractivity contribution in [3.63, 3.8) is 0 Å². The molecule has 3 N–H and O–H groups in total. The molecule has 4 rings (SSSR count). The lowest BCUT2D eigenvalue weighted by atomic mass is 9.72. The highest BCUT2D eigenvalue weighted by atomic mass is 15.1. The standard InChI is InChI=1S/C16H21N3/c1-19-9-10(7-17)5-13-12-3-2-4-14-16(12)11(8-18-14)6-15(13)19/h2-4,8,10,13,15,18H,5-7,9,17H2,1H3/t10-,13?,15+/m0/s1. The van der Waals surface area contributed by atoms with E-state index in [9.17, 15) is 0 Å². The number of aromatic nitrogens is 1. The van der Waals surface area contributed by atoms with E-state index in [4.69, 9.17) is 5.73 Å². The largest absolute Gasteiger partial charge is 0.361 e. The third-order valence-electron chi connectivity index (χ3n) is 5.15. The molecule has 0 bridgehead atoms. The van der Waals surface area contributed by atoms with Crippen LogP contribution in [0.3, 0.4) is 0 Å². The van der Waals surface area contributed by atoms with Crippen LogP contribution in [0.5, 0.6) is 0 Å². The SMILES string of the molecule is CN1C[C@H](CN)CC2c3cccc4[nH]cc(c34)C[C@H]21. The average Bonchev–Trinajstić information content (AvgIpc) is 2.85. The molecule has 0 amide bonds. The van der Waals surface area contributed by atoms with E-state index in [1.807, 2.05) is 0 Å². The molecule has 1 saturated heterocycles. The Morgan fingerprint density at radius 3 is 3.16 bits per heavy atom. The van der Waals surface area contributed by atoms with Gasteiger partial charge >= 0.3 is 0 Å². The Balaban J connectivity index is 1.86. The lowest BCUT2D eigenvalue weighted by Crippen LogP contribution is -2.49. The highest BCUT2D eigenvalue weighted by molar-refractivity contribution is 5.88. The van der Waals surface area contributed by atoms with E-state index in [1.165, 1.54) is 34.9 Å². The number of hydrogen-bond acceptors (Lipinski definition) is 2. The van der Waals surface area contributed by atoms with Gasteiger partial charge < -0.3 is 15.6 Å². The van der Waals surface area contributed by atoms with Crippen LogP contribution in [-0.2, 0) is 6.42 Å². The van der Waals surface area contributed by atoms with Crippen molar-refractivity contribution < 1.29 is 0 Å². The smallest absolute Gasteiger partial charge is 0.0459 e. The minimum absolute atomic E-state index is 0.641. The predicted octanol–water partition coefficient (Wildman–Crippen LogP) is 2.09. The van der Waals surface area contributed by atoms with Crippen molar-refractivity contribution in [2.75, 3.05) is 20.1 Å². The number of rotatable bonds is 1. The van der Waals surface area contributed by atoms with Gasteiger partial charge in [-0.1, -0.05) is 12.1 Å². The minimum Gasteiger partial charge on any atom is -0.361 e. The number of piperidine rings is 1. The first-order valence-corrected chi connectivity index (χ1v) is 7.27. The van der Waals surface area contributed by atoms with Crippen LogP contribution in [0.1, 0.15) is 23.5 Å². The van der Waals surface area contributed by atoms with E-state index in [-0.39, 0.29) is 0 Å². The number of H-pyrrole nitrogens is 1. The normalized spacial score (nSPS) is 30.5. The van der Waals surface area contributed by atoms with E-state index in [1.54, 1.807) is 0 Å². The third-order valence-corrected chi connectivity index (χ3v) is 5.15. The van der Waals surface area contributed by atoms with Crippen molar-refractivity contribution in [1.82, 2.24) is 9.88 Å². The maximum atomic E-state index is 5.93. The van der Waals surface area contributed by atoms with Gasteiger partial charge in [0.2, 0.25) is 0 Å². The van der Waals surface area contributed by atoms with Gasteiger partial charge in [0.05, 0.1) is 0 Å². The molecule has 0 spiro atoms. The molecule has 1 fully saturated rings. The van der Waals surface area contributed by atoms with Crippen molar-refractivity contribution in [2.24, 2.45) is 11.7 Å². The molecule has 1 aromatic heterocycles. The summed E-state index contributed by atoms with van der Waals surface area (Å²) in [6.45, 7) is 1.96. The molecule has 1 unspecified atom stereocenters. The summed E-state index contributed by atoms with van der Waals surface area (Å²) >= 11 is 0. The Morgan fingerprint density at radius 1 is 1.42 bits per heavy atom. The summed E-state index contributed by atoms with van der Waals surface area (Å²) in [5.41, 5.74) is 10.2. The van der Waals surface area contributed by atoms with Crippen LogP contribution in [0.4, 0.5) is 0 Å².